The summed E-state index contributed by atoms with van der Waals surface area (Å²) in [5.41, 5.74) is 0.429. The first-order valence-corrected chi connectivity index (χ1v) is 29.3. The molecule has 6 rings (SSSR count). The smallest absolute Gasteiger partial charge is 0.184 e. The van der Waals surface area contributed by atoms with Crippen molar-refractivity contribution in [3.8, 4) is 28.7 Å². The Morgan fingerprint density at radius 3 is 0.964 bits per heavy atom. The summed E-state index contributed by atoms with van der Waals surface area (Å²) in [6.45, 7) is 21.6. The van der Waals surface area contributed by atoms with Crippen LogP contribution in [-0.2, 0) is 54.8 Å². The van der Waals surface area contributed by atoms with Gasteiger partial charge in [-0.25, -0.2) is 0 Å². The van der Waals surface area contributed by atoms with E-state index in [0.717, 1.165) is 50.8 Å². The standard InChI is InChI=1S/C69H98O15/c1-65(2,44-79-40-46-16-26-51(74-11)27-17-46)56(70)36-58(72)67(5,6)60(81-42-48-20-30-53(76-13)31-21-48)38-62-69(9,10)63(84-64(83-62)50-24-34-55(78-15)35-25-50)39-61(82-43-49-22-32-54(77-14)33-23-49)68(7,8)59(73)37-57(71)66(3,4)45-80-41-47-18-28-52(75-12)29-19-47/h16-35,56-64,70-73H,36-45H2,1-15H3/t56-,57+,58-,59+,60+,61-,62-,63+,64?. The molecular formula is C69H98O15. The summed E-state index contributed by atoms with van der Waals surface area (Å²) in [7, 11) is 8.14. The third-order valence-electron chi connectivity index (χ3n) is 17.6. The molecule has 5 aromatic rings. The second-order valence-electron chi connectivity index (χ2n) is 25.8. The third-order valence-corrected chi connectivity index (χ3v) is 17.6. The van der Waals surface area contributed by atoms with Crippen LogP contribution >= 0.6 is 0 Å². The van der Waals surface area contributed by atoms with E-state index in [-0.39, 0.29) is 39.3 Å². The zero-order chi connectivity index (χ0) is 61.5. The van der Waals surface area contributed by atoms with Crippen LogP contribution < -0.4 is 23.7 Å². The Morgan fingerprint density at radius 2 is 0.679 bits per heavy atom. The molecule has 0 amide bonds. The van der Waals surface area contributed by atoms with Gasteiger partial charge in [0.1, 0.15) is 28.7 Å². The molecule has 4 N–H and O–H groups in total. The van der Waals surface area contributed by atoms with Gasteiger partial charge in [0.15, 0.2) is 6.29 Å². The molecule has 0 bridgehead atoms. The topological polar surface area (TPSA) is 182 Å². The molecule has 464 valence electrons. The zero-order valence-corrected chi connectivity index (χ0v) is 52.6. The second kappa shape index (κ2) is 30.4. The van der Waals surface area contributed by atoms with E-state index in [0.29, 0.717) is 31.8 Å². The first-order chi connectivity index (χ1) is 39.7. The minimum absolute atomic E-state index is 0.0522. The van der Waals surface area contributed by atoms with Gasteiger partial charge in [-0.05, 0) is 82.9 Å². The maximum atomic E-state index is 12.5. The van der Waals surface area contributed by atoms with Gasteiger partial charge < -0.3 is 72.5 Å². The van der Waals surface area contributed by atoms with E-state index in [2.05, 4.69) is 13.8 Å². The van der Waals surface area contributed by atoms with Gasteiger partial charge >= 0.3 is 0 Å². The SMILES string of the molecule is COc1ccc(COCC(C)(C)[C@H](O)C[C@@H](O)C(C)(C)[C@H](C[C@H]2OC(c3ccc(OC)cc3)O[C@@H](C[C@@H](OCc3ccc(OC)cc3)C(C)(C)[C@@H](O)C[C@H](O)C(C)(C)COCc3ccc(OC)cc3)C2(C)C)OCc2ccc(OC)cc2)cc1. The highest BCUT2D eigenvalue weighted by Gasteiger charge is 2.52. The van der Waals surface area contributed by atoms with E-state index < -0.39 is 82.2 Å². The maximum absolute atomic E-state index is 12.5. The Kier molecular flexibility index (Phi) is 24.5. The molecule has 1 unspecified atom stereocenters. The average Bonchev–Trinajstić information content (AvgIpc) is 1.36. The lowest BCUT2D eigenvalue weighted by Crippen LogP contribution is -2.55. The molecule has 84 heavy (non-hydrogen) atoms. The molecule has 0 radical (unpaired) electrons. The summed E-state index contributed by atoms with van der Waals surface area (Å²) in [5, 5.41) is 48.9. The lowest BCUT2D eigenvalue weighted by atomic mass is 9.68. The quantitative estimate of drug-likeness (QED) is 0.0305. The molecule has 5 aromatic carbocycles. The van der Waals surface area contributed by atoms with Crippen LogP contribution in [0.1, 0.15) is 129 Å². The van der Waals surface area contributed by atoms with E-state index in [1.165, 1.54) is 0 Å². The molecule has 0 aromatic heterocycles. The lowest BCUT2D eigenvalue weighted by molar-refractivity contribution is -0.313. The monoisotopic (exact) mass is 1170 g/mol. The third kappa shape index (κ3) is 18.4. The van der Waals surface area contributed by atoms with Crippen molar-refractivity contribution in [2.24, 2.45) is 27.1 Å². The van der Waals surface area contributed by atoms with Gasteiger partial charge in [-0.2, -0.15) is 0 Å². The molecule has 0 spiro atoms. The summed E-state index contributed by atoms with van der Waals surface area (Å²) in [4.78, 5) is 0. The van der Waals surface area contributed by atoms with E-state index in [9.17, 15) is 20.4 Å². The van der Waals surface area contributed by atoms with Crippen molar-refractivity contribution in [2.75, 3.05) is 48.8 Å². The highest BCUT2D eigenvalue weighted by Crippen LogP contribution is 2.49. The number of hydrogen-bond acceptors (Lipinski definition) is 15. The normalized spacial score (nSPS) is 18.9. The Morgan fingerprint density at radius 1 is 0.405 bits per heavy atom. The maximum Gasteiger partial charge on any atom is 0.184 e. The second-order valence-corrected chi connectivity index (χ2v) is 25.8. The van der Waals surface area contributed by atoms with Gasteiger partial charge in [0.25, 0.3) is 0 Å². The van der Waals surface area contributed by atoms with Crippen LogP contribution in [0, 0.1) is 27.1 Å². The molecule has 15 heteroatoms. The molecule has 1 fully saturated rings. The van der Waals surface area contributed by atoms with Crippen molar-refractivity contribution < 1.29 is 72.5 Å². The van der Waals surface area contributed by atoms with Gasteiger partial charge in [-0.1, -0.05) is 130 Å². The molecule has 1 aliphatic rings. The van der Waals surface area contributed by atoms with E-state index in [1.807, 2.05) is 177 Å². The van der Waals surface area contributed by atoms with Gasteiger partial charge in [0, 0.05) is 58.3 Å². The number of benzene rings is 5. The summed E-state index contributed by atoms with van der Waals surface area (Å²) >= 11 is 0. The molecule has 1 heterocycles. The minimum Gasteiger partial charge on any atom is -0.497 e. The Bertz CT molecular complexity index is 2530. The summed E-state index contributed by atoms with van der Waals surface area (Å²) < 4.78 is 67.8. The van der Waals surface area contributed by atoms with E-state index in [1.54, 1.807) is 35.5 Å². The fraction of sp³-hybridized carbons (Fsp3) is 0.565. The van der Waals surface area contributed by atoms with Crippen molar-refractivity contribution in [1.29, 1.82) is 0 Å². The predicted octanol–water partition coefficient (Wildman–Crippen LogP) is 12.3. The first-order valence-electron chi connectivity index (χ1n) is 29.3. The average molecular weight is 1170 g/mol. The molecular weight excluding hydrogens is 1070 g/mol. The van der Waals surface area contributed by atoms with Crippen molar-refractivity contribution in [1.82, 2.24) is 0 Å². The Hall–Kier alpha value is -5.30. The molecule has 0 saturated carbocycles. The van der Waals surface area contributed by atoms with Gasteiger partial charge in [0.05, 0.1) is 124 Å². The fourth-order valence-corrected chi connectivity index (χ4v) is 10.5. The molecule has 0 aliphatic carbocycles. The van der Waals surface area contributed by atoms with Crippen LogP contribution in [0.4, 0.5) is 0 Å². The van der Waals surface area contributed by atoms with E-state index >= 15 is 0 Å². The highest BCUT2D eigenvalue weighted by molar-refractivity contribution is 5.30. The highest BCUT2D eigenvalue weighted by atomic mass is 16.7. The molecule has 1 aliphatic heterocycles. The van der Waals surface area contributed by atoms with E-state index in [4.69, 9.17) is 52.1 Å². The Balaban J connectivity index is 1.30. The summed E-state index contributed by atoms with van der Waals surface area (Å²) in [6.07, 6.45) is -6.47. The largest absolute Gasteiger partial charge is 0.497 e. The minimum atomic E-state index is -1.04. The van der Waals surface area contributed by atoms with Crippen molar-refractivity contribution in [2.45, 2.75) is 176 Å². The fourth-order valence-electron chi connectivity index (χ4n) is 10.5. The molecule has 9 atom stereocenters. The zero-order valence-electron chi connectivity index (χ0n) is 52.6. The number of aliphatic hydroxyl groups excluding tert-OH is 4. The summed E-state index contributed by atoms with van der Waals surface area (Å²) in [5.74, 6) is 3.63. The van der Waals surface area contributed by atoms with Crippen molar-refractivity contribution >= 4 is 0 Å². The predicted molar refractivity (Wildman–Crippen MR) is 325 cm³/mol. The number of rotatable bonds is 34. The number of ether oxygens (including phenoxy) is 11. The number of methoxy groups -OCH3 is 5. The van der Waals surface area contributed by atoms with Crippen LogP contribution in [0.2, 0.25) is 0 Å². The van der Waals surface area contributed by atoms with Crippen molar-refractivity contribution in [3.05, 3.63) is 149 Å². The number of aliphatic hydroxyl groups is 4. The first kappa shape index (κ1) is 67.8. The van der Waals surface area contributed by atoms with Crippen LogP contribution in [0.5, 0.6) is 28.7 Å². The lowest BCUT2D eigenvalue weighted by Gasteiger charge is -2.52. The number of hydrogen-bond donors (Lipinski definition) is 4. The van der Waals surface area contributed by atoms with Crippen LogP contribution in [0.3, 0.4) is 0 Å². The van der Waals surface area contributed by atoms with Gasteiger partial charge in [0.2, 0.25) is 0 Å². The Labute approximate surface area is 500 Å². The van der Waals surface area contributed by atoms with Crippen LogP contribution in [0.15, 0.2) is 121 Å². The summed E-state index contributed by atoms with van der Waals surface area (Å²) in [6, 6.07) is 38.4. The molecule has 15 nitrogen and oxygen atoms in total. The van der Waals surface area contributed by atoms with Crippen molar-refractivity contribution in [3.63, 3.8) is 0 Å². The van der Waals surface area contributed by atoms with Crippen LogP contribution in [0.25, 0.3) is 0 Å². The van der Waals surface area contributed by atoms with Gasteiger partial charge in [-0.15, -0.1) is 0 Å². The van der Waals surface area contributed by atoms with Gasteiger partial charge in [-0.3, -0.25) is 0 Å². The van der Waals surface area contributed by atoms with Crippen LogP contribution in [-0.4, -0.2) is 118 Å². The molecule has 1 saturated heterocycles.